The Balaban J connectivity index is 1.48. The van der Waals surface area contributed by atoms with Crippen LogP contribution in [-0.2, 0) is 4.79 Å². The summed E-state index contributed by atoms with van der Waals surface area (Å²) in [6.07, 6.45) is 0.465. The Labute approximate surface area is 201 Å². The molecule has 2 saturated heterocycles. The molecule has 9 nitrogen and oxygen atoms in total. The second-order valence-electron chi connectivity index (χ2n) is 8.21. The normalized spacial score (nSPS) is 21.8. The molecular weight excluding hydrogens is 458 g/mol. The lowest BCUT2D eigenvalue weighted by molar-refractivity contribution is -0.142. The third kappa shape index (κ3) is 4.97. The van der Waals surface area contributed by atoms with E-state index in [-0.39, 0.29) is 41.6 Å². The van der Waals surface area contributed by atoms with Crippen LogP contribution in [0.5, 0.6) is 5.75 Å². The van der Waals surface area contributed by atoms with E-state index in [2.05, 4.69) is 16.7 Å². The van der Waals surface area contributed by atoms with Crippen LogP contribution in [0.25, 0.3) is 11.1 Å². The van der Waals surface area contributed by atoms with Gasteiger partial charge < -0.3 is 20.1 Å². The second kappa shape index (κ2) is 10.1. The average Bonchev–Trinajstić information content (AvgIpc) is 2.85. The van der Waals surface area contributed by atoms with E-state index in [1.165, 1.54) is 12.1 Å². The first-order chi connectivity index (χ1) is 16.4. The van der Waals surface area contributed by atoms with Crippen molar-refractivity contribution in [1.82, 2.24) is 15.5 Å². The summed E-state index contributed by atoms with van der Waals surface area (Å²) in [6, 6.07) is 13.1. The molecule has 3 atom stereocenters. The van der Waals surface area contributed by atoms with Crippen molar-refractivity contribution in [3.8, 4) is 29.0 Å². The molecule has 0 aromatic heterocycles. The summed E-state index contributed by atoms with van der Waals surface area (Å²) in [5.41, 5.74) is 1.23. The third-order valence-corrected chi connectivity index (χ3v) is 6.30. The highest BCUT2D eigenvalue weighted by molar-refractivity contribution is 6.31. The minimum atomic E-state index is -1.14. The lowest BCUT2D eigenvalue weighted by Gasteiger charge is -2.42. The lowest BCUT2D eigenvalue weighted by Crippen LogP contribution is -2.64. The number of carbonyl (C=O) groups excluding carboxylic acids is 1. The Morgan fingerprint density at radius 3 is 2.79 bits per heavy atom. The van der Waals surface area contributed by atoms with Crippen molar-refractivity contribution in [2.75, 3.05) is 26.4 Å². The minimum Gasteiger partial charge on any atom is -0.491 e. The highest BCUT2D eigenvalue weighted by atomic mass is 35.5. The van der Waals surface area contributed by atoms with E-state index in [0.717, 1.165) is 0 Å². The molecule has 3 N–H and O–H groups in total. The highest BCUT2D eigenvalue weighted by Gasteiger charge is 2.40. The summed E-state index contributed by atoms with van der Waals surface area (Å²) in [7, 11) is 0. The van der Waals surface area contributed by atoms with Crippen molar-refractivity contribution in [3.63, 3.8) is 0 Å². The molecule has 174 valence electrons. The van der Waals surface area contributed by atoms with Crippen molar-refractivity contribution < 1.29 is 19.4 Å². The first-order valence-electron chi connectivity index (χ1n) is 10.8. The molecule has 2 heterocycles. The number of halogens is 1. The molecule has 3 unspecified atom stereocenters. The minimum absolute atomic E-state index is 0.00162. The van der Waals surface area contributed by atoms with Crippen LogP contribution in [0.1, 0.15) is 22.3 Å². The van der Waals surface area contributed by atoms with Crippen LogP contribution in [-0.4, -0.2) is 60.3 Å². The second-order valence-corrected chi connectivity index (χ2v) is 8.64. The molecule has 2 fully saturated rings. The first kappa shape index (κ1) is 23.5. The summed E-state index contributed by atoms with van der Waals surface area (Å²) in [5, 5.41) is 34.8. The van der Waals surface area contributed by atoms with Gasteiger partial charge >= 0.3 is 5.97 Å². The van der Waals surface area contributed by atoms with Gasteiger partial charge in [0.05, 0.1) is 48.4 Å². The van der Waals surface area contributed by atoms with Gasteiger partial charge in [-0.3, -0.25) is 10.1 Å². The predicted molar refractivity (Wildman–Crippen MR) is 123 cm³/mol. The van der Waals surface area contributed by atoms with Gasteiger partial charge in [0.15, 0.2) is 0 Å². The number of fused-ring (bicyclic) bond motifs is 1. The number of hydrogen-bond donors (Lipinski definition) is 3. The number of carboxylic acids is 1. The fourth-order valence-corrected chi connectivity index (χ4v) is 4.49. The van der Waals surface area contributed by atoms with Gasteiger partial charge in [-0.05, 0) is 48.4 Å². The van der Waals surface area contributed by atoms with Crippen LogP contribution in [0.4, 0.5) is 0 Å². The van der Waals surface area contributed by atoms with Gasteiger partial charge in [0.2, 0.25) is 5.91 Å². The zero-order valence-electron chi connectivity index (χ0n) is 18.1. The number of benzene rings is 2. The largest absolute Gasteiger partial charge is 0.491 e. The molecule has 4 rings (SSSR count). The van der Waals surface area contributed by atoms with E-state index >= 15 is 0 Å². The summed E-state index contributed by atoms with van der Waals surface area (Å²) < 4.78 is 5.97. The maximum absolute atomic E-state index is 13.0. The zero-order valence-corrected chi connectivity index (χ0v) is 18.9. The Kier molecular flexibility index (Phi) is 6.99. The van der Waals surface area contributed by atoms with Crippen LogP contribution in [0, 0.1) is 28.6 Å². The number of ether oxygens (including phenoxy) is 1. The lowest BCUT2D eigenvalue weighted by atomic mass is 9.86. The summed E-state index contributed by atoms with van der Waals surface area (Å²) in [6.45, 7) is 1.50. The number of nitriles is 2. The number of hydrogen-bond acceptors (Lipinski definition) is 7. The number of amides is 1. The van der Waals surface area contributed by atoms with E-state index in [4.69, 9.17) is 16.3 Å². The number of piperidine rings is 1. The Morgan fingerprint density at radius 1 is 1.24 bits per heavy atom. The van der Waals surface area contributed by atoms with Crippen molar-refractivity contribution in [1.29, 1.82) is 10.5 Å². The van der Waals surface area contributed by atoms with Crippen LogP contribution in [0.3, 0.4) is 0 Å². The molecule has 10 heteroatoms. The highest BCUT2D eigenvalue weighted by Crippen LogP contribution is 2.34. The number of nitrogens with one attached hydrogen (secondary N) is 2. The molecule has 2 aliphatic heterocycles. The molecule has 1 amide bonds. The standard InChI is InChI=1S/C24H22ClN5O4/c25-17-1-2-22(19(8-17)15-5-14(10-26)6-16(7-15)24(32)33)34-4-3-30-13-29-21-12-28-18(11-27)9-20(21)23(30)31/h1-2,5-8,18,20-21,28-29H,3-4,9,12-13H2,(H,32,33). The number of carboxylic acid groups (broad SMARTS) is 1. The fraction of sp³-hybridized carbons (Fsp3) is 0.333. The molecule has 2 aromatic carbocycles. The monoisotopic (exact) mass is 479 g/mol. The molecule has 2 aliphatic rings. The number of nitrogens with zero attached hydrogens (tertiary/aromatic N) is 3. The van der Waals surface area contributed by atoms with Crippen molar-refractivity contribution in [3.05, 3.63) is 52.5 Å². The molecule has 0 saturated carbocycles. The van der Waals surface area contributed by atoms with Gasteiger partial charge in [-0.25, -0.2) is 4.79 Å². The van der Waals surface area contributed by atoms with Gasteiger partial charge in [-0.15, -0.1) is 0 Å². The van der Waals surface area contributed by atoms with Crippen molar-refractivity contribution >= 4 is 23.5 Å². The Morgan fingerprint density at radius 2 is 2.06 bits per heavy atom. The van der Waals surface area contributed by atoms with Crippen molar-refractivity contribution in [2.45, 2.75) is 18.5 Å². The molecule has 0 aliphatic carbocycles. The van der Waals surface area contributed by atoms with Crippen LogP contribution < -0.4 is 15.4 Å². The quantitative estimate of drug-likeness (QED) is 0.573. The van der Waals surface area contributed by atoms with Crippen LogP contribution >= 0.6 is 11.6 Å². The van der Waals surface area contributed by atoms with Gasteiger partial charge in [-0.2, -0.15) is 10.5 Å². The maximum Gasteiger partial charge on any atom is 0.335 e. The van der Waals surface area contributed by atoms with Gasteiger partial charge in [-0.1, -0.05) is 11.6 Å². The topological polar surface area (TPSA) is 138 Å². The molecule has 0 bridgehead atoms. The zero-order chi connectivity index (χ0) is 24.2. The number of carbonyl (C=O) groups is 2. The van der Waals surface area contributed by atoms with E-state index in [0.29, 0.717) is 48.1 Å². The van der Waals surface area contributed by atoms with Crippen LogP contribution in [0.2, 0.25) is 5.02 Å². The molecule has 0 radical (unpaired) electrons. The molecular formula is C24H22ClN5O4. The average molecular weight is 480 g/mol. The van der Waals surface area contributed by atoms with Crippen LogP contribution in [0.15, 0.2) is 36.4 Å². The fourth-order valence-electron chi connectivity index (χ4n) is 4.32. The predicted octanol–water partition coefficient (Wildman–Crippen LogP) is 2.22. The third-order valence-electron chi connectivity index (χ3n) is 6.07. The SMILES string of the molecule is N#Cc1cc(C(=O)O)cc(-c2cc(Cl)ccc2OCCN2CNC3CNC(C#N)CC3C2=O)c1. The molecule has 0 spiro atoms. The van der Waals surface area contributed by atoms with Gasteiger partial charge in [0.1, 0.15) is 12.4 Å². The van der Waals surface area contributed by atoms with Gasteiger partial charge in [0, 0.05) is 23.2 Å². The van der Waals surface area contributed by atoms with Gasteiger partial charge in [0.25, 0.3) is 0 Å². The smallest absolute Gasteiger partial charge is 0.335 e. The van der Waals surface area contributed by atoms with E-state index in [9.17, 15) is 25.2 Å². The van der Waals surface area contributed by atoms with E-state index < -0.39 is 5.97 Å². The molecule has 34 heavy (non-hydrogen) atoms. The summed E-state index contributed by atoms with van der Waals surface area (Å²) >= 11 is 6.18. The number of aromatic carboxylic acids is 1. The Hall–Kier alpha value is -3.63. The first-order valence-corrected chi connectivity index (χ1v) is 11.1. The summed E-state index contributed by atoms with van der Waals surface area (Å²) in [4.78, 5) is 26.1. The Bertz CT molecular complexity index is 1200. The van der Waals surface area contributed by atoms with E-state index in [1.807, 2.05) is 6.07 Å². The summed E-state index contributed by atoms with van der Waals surface area (Å²) in [5.74, 6) is -0.946. The maximum atomic E-state index is 13.0. The number of rotatable bonds is 6. The van der Waals surface area contributed by atoms with Crippen molar-refractivity contribution in [2.24, 2.45) is 5.92 Å². The molecule has 2 aromatic rings. The van der Waals surface area contributed by atoms with E-state index in [1.54, 1.807) is 29.2 Å².